The van der Waals surface area contributed by atoms with Gasteiger partial charge in [0, 0.05) is 5.75 Å². The van der Waals surface area contributed by atoms with Gasteiger partial charge in [-0.05, 0) is 24.6 Å². The summed E-state index contributed by atoms with van der Waals surface area (Å²) in [5.74, 6) is 1.54. The van der Waals surface area contributed by atoms with Gasteiger partial charge in [0.15, 0.2) is 5.16 Å². The van der Waals surface area contributed by atoms with Crippen LogP contribution < -0.4 is 5.73 Å². The summed E-state index contributed by atoms with van der Waals surface area (Å²) in [6, 6.07) is 8.07. The highest BCUT2D eigenvalue weighted by Crippen LogP contribution is 2.20. The van der Waals surface area contributed by atoms with Gasteiger partial charge < -0.3 is 10.7 Å². The van der Waals surface area contributed by atoms with E-state index in [0.717, 1.165) is 28.5 Å². The fourth-order valence-electron chi connectivity index (χ4n) is 1.29. The molecule has 2 rings (SSSR count). The fourth-order valence-corrected chi connectivity index (χ4v) is 2.21. The Bertz CT molecular complexity index is 405. The minimum atomic E-state index is 0.531. The topological polar surface area (TPSA) is 54.7 Å². The number of imidazole rings is 1. The molecule has 0 radical (unpaired) electrons. The molecule has 0 aliphatic carbocycles. The second-order valence-electron chi connectivity index (χ2n) is 3.71. The van der Waals surface area contributed by atoms with Crippen molar-refractivity contribution in [3.8, 4) is 0 Å². The number of nitrogens with zero attached hydrogens (tertiary/aromatic N) is 1. The van der Waals surface area contributed by atoms with E-state index in [1.807, 2.05) is 24.3 Å². The average Bonchev–Trinajstić information content (AvgIpc) is 2.68. The summed E-state index contributed by atoms with van der Waals surface area (Å²) in [6.45, 7) is 2.88. The molecule has 1 aromatic carbocycles. The zero-order chi connectivity index (χ0) is 10.7. The number of rotatable bonds is 4. The van der Waals surface area contributed by atoms with E-state index in [1.165, 1.54) is 0 Å². The van der Waals surface area contributed by atoms with Gasteiger partial charge in [-0.1, -0.05) is 30.8 Å². The van der Waals surface area contributed by atoms with Crippen LogP contribution in [0.15, 0.2) is 29.4 Å². The van der Waals surface area contributed by atoms with Gasteiger partial charge in [-0.3, -0.25) is 0 Å². The van der Waals surface area contributed by atoms with Gasteiger partial charge in [0.1, 0.15) is 0 Å². The molecule has 0 saturated heterocycles. The van der Waals surface area contributed by atoms with E-state index in [2.05, 4.69) is 16.9 Å². The van der Waals surface area contributed by atoms with Crippen molar-refractivity contribution in [2.45, 2.75) is 12.1 Å². The Labute approximate surface area is 93.5 Å². The van der Waals surface area contributed by atoms with E-state index < -0.39 is 0 Å². The van der Waals surface area contributed by atoms with E-state index >= 15 is 0 Å². The number of aromatic amines is 1. The van der Waals surface area contributed by atoms with Gasteiger partial charge in [-0.25, -0.2) is 4.98 Å². The van der Waals surface area contributed by atoms with Crippen LogP contribution in [0.3, 0.4) is 0 Å². The number of hydrogen-bond acceptors (Lipinski definition) is 3. The van der Waals surface area contributed by atoms with Crippen LogP contribution in [0.25, 0.3) is 11.0 Å². The standard InChI is InChI=1S/C11H15N3S/c1-8(6-12)7-15-11-13-9-4-2-3-5-10(9)14-11/h2-5,8H,6-7,12H2,1H3,(H,13,14). The molecule has 1 aromatic heterocycles. The third-order valence-corrected chi connectivity index (χ3v) is 3.48. The lowest BCUT2D eigenvalue weighted by molar-refractivity contribution is 0.674. The molecule has 0 saturated carbocycles. The van der Waals surface area contributed by atoms with Gasteiger partial charge in [-0.2, -0.15) is 0 Å². The van der Waals surface area contributed by atoms with Crippen molar-refractivity contribution < 1.29 is 0 Å². The molecule has 0 aliphatic rings. The zero-order valence-corrected chi connectivity index (χ0v) is 9.55. The highest BCUT2D eigenvalue weighted by atomic mass is 32.2. The minimum Gasteiger partial charge on any atom is -0.333 e. The Morgan fingerprint density at radius 2 is 2.27 bits per heavy atom. The largest absolute Gasteiger partial charge is 0.333 e. The maximum atomic E-state index is 5.57. The van der Waals surface area contributed by atoms with E-state index in [4.69, 9.17) is 5.73 Å². The smallest absolute Gasteiger partial charge is 0.166 e. The summed E-state index contributed by atoms with van der Waals surface area (Å²) in [5, 5.41) is 0.983. The predicted octanol–water partition coefficient (Wildman–Crippen LogP) is 2.25. The number of nitrogens with one attached hydrogen (secondary N) is 1. The van der Waals surface area contributed by atoms with Crippen LogP contribution >= 0.6 is 11.8 Å². The summed E-state index contributed by atoms with van der Waals surface area (Å²) in [5.41, 5.74) is 7.69. The quantitative estimate of drug-likeness (QED) is 0.779. The van der Waals surface area contributed by atoms with E-state index in [9.17, 15) is 0 Å². The lowest BCUT2D eigenvalue weighted by Gasteiger charge is -2.04. The van der Waals surface area contributed by atoms with Crippen molar-refractivity contribution in [3.63, 3.8) is 0 Å². The fraction of sp³-hybridized carbons (Fsp3) is 0.364. The molecule has 2 aromatic rings. The zero-order valence-electron chi connectivity index (χ0n) is 8.73. The second kappa shape index (κ2) is 4.68. The van der Waals surface area contributed by atoms with Crippen LogP contribution in [0.1, 0.15) is 6.92 Å². The van der Waals surface area contributed by atoms with Crippen LogP contribution in [0.2, 0.25) is 0 Å². The molecular weight excluding hydrogens is 206 g/mol. The normalized spacial score (nSPS) is 13.2. The maximum absolute atomic E-state index is 5.57. The number of fused-ring (bicyclic) bond motifs is 1. The Morgan fingerprint density at radius 1 is 1.47 bits per heavy atom. The third kappa shape index (κ3) is 2.52. The summed E-state index contributed by atoms with van der Waals surface area (Å²) >= 11 is 1.73. The number of nitrogens with two attached hydrogens (primary N) is 1. The lowest BCUT2D eigenvalue weighted by atomic mass is 10.2. The minimum absolute atomic E-state index is 0.531. The van der Waals surface area contributed by atoms with E-state index in [-0.39, 0.29) is 0 Å². The Hall–Kier alpha value is -1.00. The number of para-hydroxylation sites is 2. The third-order valence-electron chi connectivity index (χ3n) is 2.27. The molecule has 1 heterocycles. The second-order valence-corrected chi connectivity index (χ2v) is 4.72. The molecule has 15 heavy (non-hydrogen) atoms. The molecule has 80 valence electrons. The summed E-state index contributed by atoms with van der Waals surface area (Å²) in [4.78, 5) is 7.77. The first kappa shape index (κ1) is 10.5. The predicted molar refractivity (Wildman–Crippen MR) is 65.0 cm³/mol. The van der Waals surface area contributed by atoms with Crippen molar-refractivity contribution in [2.24, 2.45) is 11.7 Å². The van der Waals surface area contributed by atoms with Crippen molar-refractivity contribution in [1.29, 1.82) is 0 Å². The maximum Gasteiger partial charge on any atom is 0.166 e. The molecule has 0 spiro atoms. The van der Waals surface area contributed by atoms with Crippen molar-refractivity contribution in [1.82, 2.24) is 9.97 Å². The number of aromatic nitrogens is 2. The van der Waals surface area contributed by atoms with Crippen LogP contribution in [-0.2, 0) is 0 Å². The van der Waals surface area contributed by atoms with Gasteiger partial charge in [-0.15, -0.1) is 0 Å². The van der Waals surface area contributed by atoms with Crippen LogP contribution in [0.4, 0.5) is 0 Å². The highest BCUT2D eigenvalue weighted by Gasteiger charge is 2.04. The van der Waals surface area contributed by atoms with Gasteiger partial charge in [0.2, 0.25) is 0 Å². The molecule has 1 unspecified atom stereocenters. The molecule has 0 bridgehead atoms. The Morgan fingerprint density at radius 3 is 3.00 bits per heavy atom. The number of hydrogen-bond donors (Lipinski definition) is 2. The molecule has 3 nitrogen and oxygen atoms in total. The molecule has 3 N–H and O–H groups in total. The average molecular weight is 221 g/mol. The highest BCUT2D eigenvalue weighted by molar-refractivity contribution is 7.99. The first-order valence-electron chi connectivity index (χ1n) is 5.07. The van der Waals surface area contributed by atoms with Crippen LogP contribution in [0, 0.1) is 5.92 Å². The summed E-state index contributed by atoms with van der Waals surface area (Å²) in [6.07, 6.45) is 0. The first-order chi connectivity index (χ1) is 7.29. The van der Waals surface area contributed by atoms with Crippen molar-refractivity contribution in [3.05, 3.63) is 24.3 Å². The monoisotopic (exact) mass is 221 g/mol. The lowest BCUT2D eigenvalue weighted by Crippen LogP contribution is -2.12. The molecule has 0 fully saturated rings. The van der Waals surface area contributed by atoms with Crippen LogP contribution in [0.5, 0.6) is 0 Å². The molecule has 1 atom stereocenters. The summed E-state index contributed by atoms with van der Waals surface area (Å²) in [7, 11) is 0. The molecule has 4 heteroatoms. The molecular formula is C11H15N3S. The molecule has 0 amide bonds. The summed E-state index contributed by atoms with van der Waals surface area (Å²) < 4.78 is 0. The van der Waals surface area contributed by atoms with Gasteiger partial charge >= 0.3 is 0 Å². The Kier molecular flexibility index (Phi) is 3.28. The van der Waals surface area contributed by atoms with E-state index in [1.54, 1.807) is 11.8 Å². The van der Waals surface area contributed by atoms with E-state index in [0.29, 0.717) is 5.92 Å². The number of benzene rings is 1. The van der Waals surface area contributed by atoms with Crippen molar-refractivity contribution in [2.75, 3.05) is 12.3 Å². The molecule has 0 aliphatic heterocycles. The number of thioether (sulfide) groups is 1. The van der Waals surface area contributed by atoms with Crippen molar-refractivity contribution >= 4 is 22.8 Å². The number of H-pyrrole nitrogens is 1. The Balaban J connectivity index is 2.09. The first-order valence-corrected chi connectivity index (χ1v) is 6.06. The van der Waals surface area contributed by atoms with Gasteiger partial charge in [0.05, 0.1) is 11.0 Å². The van der Waals surface area contributed by atoms with Crippen LogP contribution in [-0.4, -0.2) is 22.3 Å². The van der Waals surface area contributed by atoms with Gasteiger partial charge in [0.25, 0.3) is 0 Å². The SMILES string of the molecule is CC(CN)CSc1nc2ccccc2[nH]1.